The van der Waals surface area contributed by atoms with Gasteiger partial charge in [-0.3, -0.25) is 9.69 Å². The third-order valence-electron chi connectivity index (χ3n) is 4.64. The second kappa shape index (κ2) is 9.24. The van der Waals surface area contributed by atoms with Crippen molar-refractivity contribution in [2.45, 2.75) is 13.8 Å². The largest absolute Gasteiger partial charge is 0.494 e. The quantitative estimate of drug-likeness (QED) is 0.616. The van der Waals surface area contributed by atoms with Crippen molar-refractivity contribution in [2.24, 2.45) is 0 Å². The van der Waals surface area contributed by atoms with E-state index in [4.69, 9.17) is 14.5 Å². The molecule has 0 aliphatic carbocycles. The molecule has 3 aromatic rings. The van der Waals surface area contributed by atoms with Gasteiger partial charge in [-0.1, -0.05) is 17.4 Å². The monoisotopic (exact) mass is 414 g/mol. The predicted molar refractivity (Wildman–Crippen MR) is 118 cm³/mol. The first kappa shape index (κ1) is 21.1. The number of anilines is 1. The number of fused-ring (bicyclic) bond motifs is 1. The van der Waals surface area contributed by atoms with Gasteiger partial charge < -0.3 is 14.4 Å². The fourth-order valence-corrected chi connectivity index (χ4v) is 4.09. The second-order valence-corrected chi connectivity index (χ2v) is 8.11. The molecule has 154 valence electrons. The smallest absolute Gasteiger partial charge is 0.260 e. The number of nitrogens with zero attached hydrogens (tertiary/aromatic N) is 2. The van der Waals surface area contributed by atoms with Crippen molar-refractivity contribution in [3.8, 4) is 11.5 Å². The summed E-state index contributed by atoms with van der Waals surface area (Å²) in [4.78, 5) is 21.2. The molecule has 1 N–H and O–H groups in total. The third kappa shape index (κ3) is 4.68. The lowest BCUT2D eigenvalue weighted by Crippen LogP contribution is -3.06. The van der Waals surface area contributed by atoms with Crippen molar-refractivity contribution < 1.29 is 19.2 Å². The highest BCUT2D eigenvalue weighted by molar-refractivity contribution is 7.22. The number of carbonyl (C=O) groups is 1. The minimum Gasteiger partial charge on any atom is -0.494 e. The van der Waals surface area contributed by atoms with E-state index in [1.165, 1.54) is 16.2 Å². The highest BCUT2D eigenvalue weighted by Crippen LogP contribution is 2.36. The van der Waals surface area contributed by atoms with E-state index in [1.54, 1.807) is 12.0 Å². The number of hydrogen-bond acceptors (Lipinski definition) is 5. The van der Waals surface area contributed by atoms with Gasteiger partial charge >= 0.3 is 0 Å². The number of carbonyl (C=O) groups excluding carboxylic acids is 1. The lowest BCUT2D eigenvalue weighted by molar-refractivity contribution is -0.856. The van der Waals surface area contributed by atoms with Gasteiger partial charge in [-0.2, -0.15) is 0 Å². The van der Waals surface area contributed by atoms with E-state index in [2.05, 4.69) is 14.1 Å². The number of methoxy groups -OCH3 is 1. The van der Waals surface area contributed by atoms with Crippen LogP contribution in [-0.2, 0) is 0 Å². The fourth-order valence-electron chi connectivity index (χ4n) is 3.01. The van der Waals surface area contributed by atoms with Crippen molar-refractivity contribution in [1.82, 2.24) is 4.98 Å². The zero-order valence-electron chi connectivity index (χ0n) is 17.6. The molecule has 0 aliphatic rings. The van der Waals surface area contributed by atoms with Crippen molar-refractivity contribution in [2.75, 3.05) is 45.8 Å². The number of thiazole rings is 1. The van der Waals surface area contributed by atoms with E-state index >= 15 is 0 Å². The first-order chi connectivity index (χ1) is 13.9. The van der Waals surface area contributed by atoms with Gasteiger partial charge in [0.1, 0.15) is 17.0 Å². The Morgan fingerprint density at radius 2 is 1.90 bits per heavy atom. The minimum atomic E-state index is -0.0648. The van der Waals surface area contributed by atoms with Crippen LogP contribution in [-0.4, -0.2) is 51.8 Å². The van der Waals surface area contributed by atoms with Crippen molar-refractivity contribution in [3.63, 3.8) is 0 Å². The molecule has 0 radical (unpaired) electrons. The summed E-state index contributed by atoms with van der Waals surface area (Å²) >= 11 is 1.53. The number of likely N-dealkylation sites (N-methyl/N-ethyl adjacent to an activating group) is 1. The Kier molecular flexibility index (Phi) is 6.71. The van der Waals surface area contributed by atoms with Gasteiger partial charge in [0.2, 0.25) is 0 Å². The molecule has 2 aromatic carbocycles. The number of hydrogen-bond donors (Lipinski definition) is 1. The van der Waals surface area contributed by atoms with Gasteiger partial charge in [0.25, 0.3) is 5.91 Å². The Morgan fingerprint density at radius 1 is 1.17 bits per heavy atom. The molecule has 6 nitrogen and oxygen atoms in total. The molecule has 0 fully saturated rings. The molecule has 3 rings (SSSR count). The summed E-state index contributed by atoms with van der Waals surface area (Å²) in [6.45, 7) is 5.97. The third-order valence-corrected chi connectivity index (χ3v) is 5.85. The van der Waals surface area contributed by atoms with Crippen LogP contribution in [0.4, 0.5) is 5.13 Å². The zero-order valence-corrected chi connectivity index (χ0v) is 18.4. The zero-order chi connectivity index (χ0) is 21.0. The highest BCUT2D eigenvalue weighted by atomic mass is 32.1. The molecule has 0 bridgehead atoms. The van der Waals surface area contributed by atoms with Crippen LogP contribution in [0.3, 0.4) is 0 Å². The molecule has 0 atom stereocenters. The molecule has 1 amide bonds. The molecule has 1 heterocycles. The second-order valence-electron chi connectivity index (χ2n) is 7.13. The molecule has 29 heavy (non-hydrogen) atoms. The van der Waals surface area contributed by atoms with Crippen LogP contribution in [0.2, 0.25) is 0 Å². The van der Waals surface area contributed by atoms with E-state index in [1.807, 2.05) is 50.2 Å². The summed E-state index contributed by atoms with van der Waals surface area (Å²) in [5, 5.41) is 0.688. The van der Waals surface area contributed by atoms with Crippen LogP contribution in [0, 0.1) is 6.92 Å². The molecule has 0 saturated heterocycles. The Labute approximate surface area is 175 Å². The van der Waals surface area contributed by atoms with Crippen molar-refractivity contribution in [1.29, 1.82) is 0 Å². The van der Waals surface area contributed by atoms with Crippen LogP contribution in [0.5, 0.6) is 11.5 Å². The van der Waals surface area contributed by atoms with Gasteiger partial charge in [0, 0.05) is 5.56 Å². The fraction of sp³-hybridized carbons (Fsp3) is 0.364. The van der Waals surface area contributed by atoms with E-state index in [0.717, 1.165) is 33.8 Å². The first-order valence-corrected chi connectivity index (χ1v) is 10.5. The van der Waals surface area contributed by atoms with Gasteiger partial charge in [-0.15, -0.1) is 0 Å². The van der Waals surface area contributed by atoms with Crippen LogP contribution in [0.25, 0.3) is 10.2 Å². The lowest BCUT2D eigenvalue weighted by atomic mass is 10.2. The van der Waals surface area contributed by atoms with Gasteiger partial charge in [-0.25, -0.2) is 4.98 Å². The topological polar surface area (TPSA) is 56.1 Å². The average Bonchev–Trinajstić information content (AvgIpc) is 3.15. The Balaban J connectivity index is 1.99. The van der Waals surface area contributed by atoms with Crippen LogP contribution < -0.4 is 19.3 Å². The number of quaternary nitrogens is 1. The number of rotatable bonds is 8. The van der Waals surface area contributed by atoms with Crippen LogP contribution in [0.15, 0.2) is 36.4 Å². The maximum atomic E-state index is 13.4. The van der Waals surface area contributed by atoms with Crippen LogP contribution >= 0.6 is 11.3 Å². The number of benzene rings is 2. The molecular formula is C22H28N3O3S+. The standard InChI is InChI=1S/C22H27N3O3S/c1-6-28-17-10-8-16(9-11-17)21(26)25(14-13-24(3)4)22-23-19-18(27-5)12-7-15(2)20(19)29-22/h7-12H,6,13-14H2,1-5H3/p+1. The summed E-state index contributed by atoms with van der Waals surface area (Å²) < 4.78 is 12.0. The number of nitrogens with one attached hydrogen (secondary N) is 1. The molecule has 7 heteroatoms. The molecule has 0 saturated carbocycles. The van der Waals surface area contributed by atoms with Crippen molar-refractivity contribution >= 4 is 32.6 Å². The highest BCUT2D eigenvalue weighted by Gasteiger charge is 2.23. The summed E-state index contributed by atoms with van der Waals surface area (Å²) in [6, 6.07) is 11.2. The summed E-state index contributed by atoms with van der Waals surface area (Å²) in [6.07, 6.45) is 0. The Bertz CT molecular complexity index is 983. The van der Waals surface area contributed by atoms with Gasteiger partial charge in [-0.05, 0) is 49.7 Å². The average molecular weight is 415 g/mol. The summed E-state index contributed by atoms with van der Waals surface area (Å²) in [5.41, 5.74) is 2.54. The van der Waals surface area contributed by atoms with Crippen molar-refractivity contribution in [3.05, 3.63) is 47.5 Å². The lowest BCUT2D eigenvalue weighted by Gasteiger charge is -2.21. The maximum absolute atomic E-state index is 13.4. The molecule has 0 unspecified atom stereocenters. The number of ether oxygens (including phenoxy) is 2. The number of aromatic nitrogens is 1. The van der Waals surface area contributed by atoms with Gasteiger partial charge in [0.15, 0.2) is 5.13 Å². The van der Waals surface area contributed by atoms with Gasteiger partial charge in [0.05, 0.1) is 45.6 Å². The Hall–Kier alpha value is -2.64. The molecule has 0 aliphatic heterocycles. The SMILES string of the molecule is CCOc1ccc(C(=O)N(CC[NH+](C)C)c2nc3c(OC)ccc(C)c3s2)cc1. The van der Waals surface area contributed by atoms with E-state index in [-0.39, 0.29) is 5.91 Å². The van der Waals surface area contributed by atoms with E-state index < -0.39 is 0 Å². The summed E-state index contributed by atoms with van der Waals surface area (Å²) in [7, 11) is 5.79. The predicted octanol–water partition coefficient (Wildman–Crippen LogP) is 2.80. The maximum Gasteiger partial charge on any atom is 0.260 e. The molecule has 1 aromatic heterocycles. The number of aryl methyl sites for hydroxylation is 1. The first-order valence-electron chi connectivity index (χ1n) is 9.72. The molecule has 0 spiro atoms. The summed E-state index contributed by atoms with van der Waals surface area (Å²) in [5.74, 6) is 1.42. The molecular weight excluding hydrogens is 386 g/mol. The Morgan fingerprint density at radius 3 is 2.52 bits per heavy atom. The number of amides is 1. The normalized spacial score (nSPS) is 11.1. The minimum absolute atomic E-state index is 0.0648. The van der Waals surface area contributed by atoms with Crippen LogP contribution in [0.1, 0.15) is 22.8 Å². The van der Waals surface area contributed by atoms with E-state index in [9.17, 15) is 4.79 Å². The van der Waals surface area contributed by atoms with E-state index in [0.29, 0.717) is 23.8 Å².